The van der Waals surface area contributed by atoms with E-state index < -0.39 is 5.54 Å². The summed E-state index contributed by atoms with van der Waals surface area (Å²) in [4.78, 5) is 12.4. The standard InChI is InChI=1S/C17H26FNO/c1-5-9-16(20)17(4,19-13(3)6-2)12-14-10-7-8-11-15(14)18/h7-8,10-11,13,19H,5-6,9,12H2,1-4H3. The van der Waals surface area contributed by atoms with Crippen LogP contribution >= 0.6 is 0 Å². The van der Waals surface area contributed by atoms with E-state index in [2.05, 4.69) is 19.2 Å². The second kappa shape index (κ2) is 7.53. The third-order valence-electron chi connectivity index (χ3n) is 3.77. The van der Waals surface area contributed by atoms with Gasteiger partial charge in [0.25, 0.3) is 0 Å². The molecule has 0 saturated heterocycles. The van der Waals surface area contributed by atoms with Crippen molar-refractivity contribution in [1.82, 2.24) is 5.32 Å². The van der Waals surface area contributed by atoms with Gasteiger partial charge < -0.3 is 5.32 Å². The Morgan fingerprint density at radius 2 is 2.00 bits per heavy atom. The minimum Gasteiger partial charge on any atom is -0.302 e. The molecule has 112 valence electrons. The van der Waals surface area contributed by atoms with Crippen molar-refractivity contribution in [2.45, 2.75) is 65.0 Å². The van der Waals surface area contributed by atoms with Crippen LogP contribution in [0.1, 0.15) is 52.5 Å². The van der Waals surface area contributed by atoms with E-state index in [1.165, 1.54) is 6.07 Å². The number of carbonyl (C=O) groups is 1. The van der Waals surface area contributed by atoms with Gasteiger partial charge in [0, 0.05) is 18.9 Å². The van der Waals surface area contributed by atoms with Gasteiger partial charge in [-0.05, 0) is 38.3 Å². The molecular formula is C17H26FNO. The molecule has 2 nitrogen and oxygen atoms in total. The number of hydrogen-bond acceptors (Lipinski definition) is 2. The van der Waals surface area contributed by atoms with Crippen molar-refractivity contribution in [2.75, 3.05) is 0 Å². The molecular weight excluding hydrogens is 253 g/mol. The Hall–Kier alpha value is -1.22. The lowest BCUT2D eigenvalue weighted by Gasteiger charge is -2.33. The summed E-state index contributed by atoms with van der Waals surface area (Å²) >= 11 is 0. The SMILES string of the molecule is CCCC(=O)C(C)(Cc1ccccc1F)NC(C)CC. The first-order chi connectivity index (χ1) is 9.42. The molecule has 0 aliphatic heterocycles. The number of benzene rings is 1. The van der Waals surface area contributed by atoms with Crippen molar-refractivity contribution in [3.8, 4) is 0 Å². The minimum absolute atomic E-state index is 0.156. The lowest BCUT2D eigenvalue weighted by atomic mass is 9.85. The van der Waals surface area contributed by atoms with E-state index in [4.69, 9.17) is 0 Å². The summed E-state index contributed by atoms with van der Waals surface area (Å²) in [6.45, 7) is 8.01. The highest BCUT2D eigenvalue weighted by Crippen LogP contribution is 2.20. The van der Waals surface area contributed by atoms with E-state index in [1.54, 1.807) is 12.1 Å². The predicted octanol–water partition coefficient (Wildman–Crippen LogP) is 3.88. The monoisotopic (exact) mass is 279 g/mol. The second-order valence-electron chi connectivity index (χ2n) is 5.73. The summed E-state index contributed by atoms with van der Waals surface area (Å²) in [5.41, 5.74) is -0.108. The Morgan fingerprint density at radius 1 is 1.35 bits per heavy atom. The Balaban J connectivity index is 2.98. The van der Waals surface area contributed by atoms with Crippen molar-refractivity contribution < 1.29 is 9.18 Å². The van der Waals surface area contributed by atoms with E-state index in [0.717, 1.165) is 12.8 Å². The molecule has 1 aromatic carbocycles. The summed E-state index contributed by atoms with van der Waals surface area (Å²) in [6, 6.07) is 6.92. The molecule has 0 aliphatic carbocycles. The van der Waals surface area contributed by atoms with Gasteiger partial charge in [-0.15, -0.1) is 0 Å². The molecule has 20 heavy (non-hydrogen) atoms. The van der Waals surface area contributed by atoms with Crippen LogP contribution in [0.25, 0.3) is 0 Å². The number of rotatable bonds is 8. The summed E-state index contributed by atoms with van der Waals surface area (Å²) in [6.07, 6.45) is 2.66. The van der Waals surface area contributed by atoms with Crippen molar-refractivity contribution in [3.05, 3.63) is 35.6 Å². The van der Waals surface area contributed by atoms with Crippen LogP contribution in [0, 0.1) is 5.82 Å². The van der Waals surface area contributed by atoms with E-state index in [9.17, 15) is 9.18 Å². The van der Waals surface area contributed by atoms with Crippen molar-refractivity contribution >= 4 is 5.78 Å². The average Bonchev–Trinajstić information content (AvgIpc) is 2.41. The molecule has 2 unspecified atom stereocenters. The van der Waals surface area contributed by atoms with Crippen LogP contribution in [0.4, 0.5) is 4.39 Å². The molecule has 0 radical (unpaired) electrons. The van der Waals surface area contributed by atoms with Crippen LogP contribution in [0.2, 0.25) is 0 Å². The fourth-order valence-corrected chi connectivity index (χ4v) is 2.40. The summed E-state index contributed by atoms with van der Waals surface area (Å²) in [5, 5.41) is 3.39. The maximum atomic E-state index is 13.8. The quantitative estimate of drug-likeness (QED) is 0.782. The third-order valence-corrected chi connectivity index (χ3v) is 3.77. The molecule has 0 heterocycles. The fourth-order valence-electron chi connectivity index (χ4n) is 2.40. The molecule has 3 heteroatoms. The van der Waals surface area contributed by atoms with Crippen LogP contribution in [0.5, 0.6) is 0 Å². The van der Waals surface area contributed by atoms with Crippen LogP contribution < -0.4 is 5.32 Å². The number of hydrogen-bond donors (Lipinski definition) is 1. The molecule has 1 rings (SSSR count). The molecule has 0 spiro atoms. The third kappa shape index (κ3) is 4.41. The van der Waals surface area contributed by atoms with E-state index in [-0.39, 0.29) is 17.6 Å². The molecule has 2 atom stereocenters. The number of nitrogens with one attached hydrogen (secondary N) is 1. The maximum absolute atomic E-state index is 13.8. The largest absolute Gasteiger partial charge is 0.302 e. The molecule has 0 saturated carbocycles. The van der Waals surface area contributed by atoms with Gasteiger partial charge in [-0.25, -0.2) is 4.39 Å². The predicted molar refractivity (Wildman–Crippen MR) is 81.3 cm³/mol. The summed E-state index contributed by atoms with van der Waals surface area (Å²) in [5.74, 6) is -0.0856. The Bertz CT molecular complexity index is 446. The Labute approximate surface area is 121 Å². The van der Waals surface area contributed by atoms with Crippen LogP contribution in [-0.4, -0.2) is 17.4 Å². The van der Waals surface area contributed by atoms with Crippen molar-refractivity contribution in [3.63, 3.8) is 0 Å². The highest BCUT2D eigenvalue weighted by molar-refractivity contribution is 5.88. The van der Waals surface area contributed by atoms with Gasteiger partial charge in [-0.1, -0.05) is 32.0 Å². The van der Waals surface area contributed by atoms with Gasteiger partial charge >= 0.3 is 0 Å². The molecule has 0 bridgehead atoms. The molecule has 0 fully saturated rings. The highest BCUT2D eigenvalue weighted by Gasteiger charge is 2.33. The minimum atomic E-state index is -0.701. The first-order valence-electron chi connectivity index (χ1n) is 7.47. The maximum Gasteiger partial charge on any atom is 0.152 e. The normalized spacial score (nSPS) is 15.7. The molecule has 0 aromatic heterocycles. The van der Waals surface area contributed by atoms with Crippen molar-refractivity contribution in [2.24, 2.45) is 0 Å². The fraction of sp³-hybridized carbons (Fsp3) is 0.588. The van der Waals surface area contributed by atoms with E-state index in [1.807, 2.05) is 19.9 Å². The zero-order chi connectivity index (χ0) is 15.2. The molecule has 0 aliphatic rings. The second-order valence-corrected chi connectivity index (χ2v) is 5.73. The molecule has 1 aromatic rings. The van der Waals surface area contributed by atoms with Crippen LogP contribution in [-0.2, 0) is 11.2 Å². The Kier molecular flexibility index (Phi) is 6.34. The van der Waals surface area contributed by atoms with Gasteiger partial charge in [0.15, 0.2) is 5.78 Å². The number of ketones is 1. The average molecular weight is 279 g/mol. The van der Waals surface area contributed by atoms with Gasteiger partial charge in [0.1, 0.15) is 5.82 Å². The lowest BCUT2D eigenvalue weighted by molar-refractivity contribution is -0.125. The van der Waals surface area contributed by atoms with Crippen molar-refractivity contribution in [1.29, 1.82) is 0 Å². The van der Waals surface area contributed by atoms with Gasteiger partial charge in [-0.3, -0.25) is 4.79 Å². The topological polar surface area (TPSA) is 29.1 Å². The summed E-state index contributed by atoms with van der Waals surface area (Å²) in [7, 11) is 0. The smallest absolute Gasteiger partial charge is 0.152 e. The van der Waals surface area contributed by atoms with E-state index >= 15 is 0 Å². The number of carbonyl (C=O) groups excluding carboxylic acids is 1. The number of halogens is 1. The zero-order valence-corrected chi connectivity index (χ0v) is 13.0. The van der Waals surface area contributed by atoms with Crippen LogP contribution in [0.15, 0.2) is 24.3 Å². The summed E-state index contributed by atoms with van der Waals surface area (Å²) < 4.78 is 13.8. The number of Topliss-reactive ketones (excluding diaryl/α,β-unsaturated/α-hetero) is 1. The Morgan fingerprint density at radius 3 is 2.55 bits per heavy atom. The van der Waals surface area contributed by atoms with Crippen LogP contribution in [0.3, 0.4) is 0 Å². The van der Waals surface area contributed by atoms with Gasteiger partial charge in [-0.2, -0.15) is 0 Å². The zero-order valence-electron chi connectivity index (χ0n) is 13.0. The highest BCUT2D eigenvalue weighted by atomic mass is 19.1. The molecule has 1 N–H and O–H groups in total. The lowest BCUT2D eigenvalue weighted by Crippen LogP contribution is -2.54. The first kappa shape index (κ1) is 16.8. The molecule has 0 amide bonds. The first-order valence-corrected chi connectivity index (χ1v) is 7.47. The van der Waals surface area contributed by atoms with Gasteiger partial charge in [0.05, 0.1) is 5.54 Å². The van der Waals surface area contributed by atoms with Gasteiger partial charge in [0.2, 0.25) is 0 Å². The van der Waals surface area contributed by atoms with E-state index in [0.29, 0.717) is 18.4 Å².